The number of methoxy groups -OCH3 is 1. The number of hydrogen-bond donors (Lipinski definition) is 3. The number of carboxylic acids is 1. The number of nitrogens with zero attached hydrogens (tertiary/aromatic N) is 2. The number of ether oxygens (including phenoxy) is 2. The monoisotopic (exact) mass is 596 g/mol. The van der Waals surface area contributed by atoms with E-state index in [0.717, 1.165) is 10.9 Å². The smallest absolute Gasteiger partial charge is 0.330 e. The predicted octanol–water partition coefficient (Wildman–Crippen LogP) is 3.49. The van der Waals surface area contributed by atoms with E-state index in [-0.39, 0.29) is 25.3 Å². The van der Waals surface area contributed by atoms with Crippen LogP contribution in [0.25, 0.3) is 22.2 Å². The molecule has 2 unspecified atom stereocenters. The standard InChI is InChI=1S/C33H37BN4O6/c1-6-20-17-33(20,31(41)42)36-29(39)26-15-22(18-38(26)30(40)28(37-34)32(2,3)4)44-27-16-24(19-10-8-7-9-11-19)35-25-14-21(43-5)12-13-23(25)27/h6-14,16,20,22,26,28,37H,1,15,17-18H2,2-5H3,(H,36,39)(H,41,42)/t20?,22-,26+,28?,33-/m1/s1. The third-order valence-electron chi connectivity index (χ3n) is 8.50. The molecule has 2 heterocycles. The van der Waals surface area contributed by atoms with E-state index >= 15 is 0 Å². The van der Waals surface area contributed by atoms with E-state index in [0.29, 0.717) is 22.7 Å². The maximum Gasteiger partial charge on any atom is 0.330 e. The number of aliphatic carboxylic acids is 1. The van der Waals surface area contributed by atoms with Gasteiger partial charge in [0.05, 0.1) is 30.9 Å². The highest BCUT2D eigenvalue weighted by molar-refractivity contribution is 6.07. The summed E-state index contributed by atoms with van der Waals surface area (Å²) >= 11 is 0. The van der Waals surface area contributed by atoms with E-state index in [4.69, 9.17) is 22.4 Å². The lowest BCUT2D eigenvalue weighted by atomic mass is 9.84. The van der Waals surface area contributed by atoms with Crippen molar-refractivity contribution in [3.63, 3.8) is 0 Å². The van der Waals surface area contributed by atoms with Gasteiger partial charge < -0.3 is 30.0 Å². The van der Waals surface area contributed by atoms with Crippen LogP contribution in [0.15, 0.2) is 67.3 Å². The Morgan fingerprint density at radius 3 is 2.50 bits per heavy atom. The van der Waals surface area contributed by atoms with Gasteiger partial charge in [-0.25, -0.2) is 9.78 Å². The van der Waals surface area contributed by atoms with Gasteiger partial charge >= 0.3 is 5.97 Å². The van der Waals surface area contributed by atoms with E-state index in [1.165, 1.54) is 11.0 Å². The van der Waals surface area contributed by atoms with Gasteiger partial charge in [-0.2, -0.15) is 0 Å². The quantitative estimate of drug-likeness (QED) is 0.240. The number of carboxylic acid groups (broad SMARTS) is 1. The average molecular weight is 596 g/mol. The third kappa shape index (κ3) is 5.88. The lowest BCUT2D eigenvalue weighted by molar-refractivity contribution is -0.146. The normalized spacial score (nSPS) is 23.5. The highest BCUT2D eigenvalue weighted by Gasteiger charge is 2.61. The second kappa shape index (κ2) is 12.0. The molecular formula is C33H37BN4O6. The number of pyridine rings is 1. The Labute approximate surface area is 258 Å². The summed E-state index contributed by atoms with van der Waals surface area (Å²) in [5, 5.41) is 16.0. The molecule has 1 aromatic heterocycles. The summed E-state index contributed by atoms with van der Waals surface area (Å²) in [4.78, 5) is 46.0. The van der Waals surface area contributed by atoms with Crippen molar-refractivity contribution in [3.05, 3.63) is 67.3 Å². The maximum absolute atomic E-state index is 13.9. The number of hydrogen-bond acceptors (Lipinski definition) is 7. The van der Waals surface area contributed by atoms with E-state index in [1.54, 1.807) is 7.11 Å². The molecule has 2 amide bonds. The van der Waals surface area contributed by atoms with Crippen LogP contribution in [0.1, 0.15) is 33.6 Å². The number of amides is 2. The van der Waals surface area contributed by atoms with Crippen LogP contribution < -0.4 is 20.0 Å². The fourth-order valence-electron chi connectivity index (χ4n) is 5.89. The van der Waals surface area contributed by atoms with E-state index in [9.17, 15) is 19.5 Å². The van der Waals surface area contributed by atoms with Crippen molar-refractivity contribution in [2.45, 2.75) is 57.3 Å². The molecule has 11 heteroatoms. The minimum atomic E-state index is -1.44. The van der Waals surface area contributed by atoms with Crippen LogP contribution in [0, 0.1) is 11.3 Å². The van der Waals surface area contributed by atoms with Crippen LogP contribution in [-0.4, -0.2) is 78.1 Å². The molecule has 10 nitrogen and oxygen atoms in total. The van der Waals surface area contributed by atoms with E-state index < -0.39 is 46.9 Å². The fourth-order valence-corrected chi connectivity index (χ4v) is 5.89. The van der Waals surface area contributed by atoms with Gasteiger partial charge in [0.2, 0.25) is 11.8 Å². The van der Waals surface area contributed by atoms with Gasteiger partial charge in [-0.15, -0.1) is 6.58 Å². The number of carbonyl (C=O) groups is 3. The maximum atomic E-state index is 13.9. The van der Waals surface area contributed by atoms with Gasteiger partial charge in [0, 0.05) is 35.4 Å². The minimum absolute atomic E-state index is 0.0940. The second-order valence-electron chi connectivity index (χ2n) is 12.5. The first-order valence-corrected chi connectivity index (χ1v) is 14.6. The van der Waals surface area contributed by atoms with Crippen molar-refractivity contribution in [1.29, 1.82) is 0 Å². The number of rotatable bonds is 10. The summed E-state index contributed by atoms with van der Waals surface area (Å²) in [6.07, 6.45) is 1.33. The van der Waals surface area contributed by atoms with Gasteiger partial charge in [0.25, 0.3) is 0 Å². The Kier molecular flexibility index (Phi) is 8.44. The van der Waals surface area contributed by atoms with Gasteiger partial charge in [-0.1, -0.05) is 57.2 Å². The van der Waals surface area contributed by atoms with Crippen molar-refractivity contribution in [3.8, 4) is 22.8 Å². The molecule has 1 aliphatic heterocycles. The van der Waals surface area contributed by atoms with Crippen LogP contribution in [0.5, 0.6) is 11.5 Å². The van der Waals surface area contributed by atoms with Crippen LogP contribution >= 0.6 is 0 Å². The molecule has 5 rings (SSSR count). The molecule has 228 valence electrons. The Morgan fingerprint density at radius 1 is 1.18 bits per heavy atom. The summed E-state index contributed by atoms with van der Waals surface area (Å²) in [5.74, 6) is -1.29. The van der Waals surface area contributed by atoms with Gasteiger partial charge in [-0.05, 0) is 24.0 Å². The SMILES string of the molecule is [B]NC(C(=O)N1C[C@H](Oc2cc(-c3ccccc3)nc3cc(OC)ccc23)C[C@H]1C(=O)N[C@]1(C(=O)O)CC1C=C)C(C)(C)C. The fraction of sp³-hybridized carbons (Fsp3) is 0.394. The van der Waals surface area contributed by atoms with Crippen LogP contribution in [0.3, 0.4) is 0 Å². The van der Waals surface area contributed by atoms with Crippen molar-refractivity contribution in [2.75, 3.05) is 13.7 Å². The molecule has 1 saturated heterocycles. The number of likely N-dealkylation sites (tertiary alicyclic amines) is 1. The number of fused-ring (bicyclic) bond motifs is 1. The highest BCUT2D eigenvalue weighted by atomic mass is 16.5. The Morgan fingerprint density at radius 2 is 1.91 bits per heavy atom. The minimum Gasteiger partial charge on any atom is -0.497 e. The highest BCUT2D eigenvalue weighted by Crippen LogP contribution is 2.45. The lowest BCUT2D eigenvalue weighted by Crippen LogP contribution is -2.58. The van der Waals surface area contributed by atoms with Crippen molar-refractivity contribution in [1.82, 2.24) is 20.4 Å². The molecule has 2 radical (unpaired) electrons. The average Bonchev–Trinajstić information content (AvgIpc) is 3.56. The Bertz CT molecular complexity index is 1590. The summed E-state index contributed by atoms with van der Waals surface area (Å²) in [6.45, 7) is 9.40. The molecule has 3 N–H and O–H groups in total. The molecule has 3 aromatic rings. The summed E-state index contributed by atoms with van der Waals surface area (Å²) in [7, 11) is 7.40. The van der Waals surface area contributed by atoms with Gasteiger partial charge in [0.15, 0.2) is 7.98 Å². The third-order valence-corrected chi connectivity index (χ3v) is 8.50. The van der Waals surface area contributed by atoms with Crippen LogP contribution in [-0.2, 0) is 14.4 Å². The number of benzene rings is 2. The molecule has 2 fully saturated rings. The van der Waals surface area contributed by atoms with E-state index in [2.05, 4.69) is 17.1 Å². The number of aromatic nitrogens is 1. The lowest BCUT2D eigenvalue weighted by Gasteiger charge is -2.35. The summed E-state index contributed by atoms with van der Waals surface area (Å²) < 4.78 is 12.0. The first-order chi connectivity index (χ1) is 20.9. The second-order valence-corrected chi connectivity index (χ2v) is 12.5. The molecule has 2 aliphatic rings. The predicted molar refractivity (Wildman–Crippen MR) is 167 cm³/mol. The van der Waals surface area contributed by atoms with Gasteiger partial charge in [0.1, 0.15) is 29.2 Å². The molecule has 44 heavy (non-hydrogen) atoms. The molecule has 5 atom stereocenters. The zero-order valence-corrected chi connectivity index (χ0v) is 25.4. The molecule has 1 saturated carbocycles. The Hall–Kier alpha value is -4.38. The molecule has 1 aliphatic carbocycles. The van der Waals surface area contributed by atoms with E-state index in [1.807, 2.05) is 75.4 Å². The van der Waals surface area contributed by atoms with Crippen molar-refractivity contribution in [2.24, 2.45) is 11.3 Å². The zero-order chi connectivity index (χ0) is 31.8. The van der Waals surface area contributed by atoms with Gasteiger partial charge in [-0.3, -0.25) is 9.59 Å². The Balaban J connectivity index is 1.50. The first kappa shape index (κ1) is 31.1. The zero-order valence-electron chi connectivity index (χ0n) is 25.4. The van der Waals surface area contributed by atoms with Crippen LogP contribution in [0.4, 0.5) is 0 Å². The number of nitrogens with one attached hydrogen (secondary N) is 2. The van der Waals surface area contributed by atoms with Crippen molar-refractivity contribution >= 4 is 36.7 Å². The van der Waals surface area contributed by atoms with Crippen molar-refractivity contribution < 1.29 is 29.0 Å². The molecule has 0 bridgehead atoms. The number of carbonyl (C=O) groups excluding carboxylic acids is 2. The largest absolute Gasteiger partial charge is 0.497 e. The molecular weight excluding hydrogens is 559 g/mol. The van der Waals surface area contributed by atoms with Crippen LogP contribution in [0.2, 0.25) is 0 Å². The summed E-state index contributed by atoms with van der Waals surface area (Å²) in [6, 6.07) is 15.3. The first-order valence-electron chi connectivity index (χ1n) is 14.6. The summed E-state index contributed by atoms with van der Waals surface area (Å²) in [5.41, 5.74) is 0.240. The molecule has 2 aromatic carbocycles. The molecule has 0 spiro atoms. The topological polar surface area (TPSA) is 130 Å².